The molecule has 4 fully saturated rings. The zero-order valence-corrected chi connectivity index (χ0v) is 33.2. The van der Waals surface area contributed by atoms with Crippen LogP contribution in [-0.4, -0.2) is 17.2 Å². The number of nitrogens with one attached hydrogen (secondary N) is 1. The van der Waals surface area contributed by atoms with Gasteiger partial charge >= 0.3 is 221 Å². The minimum absolute atomic E-state index is 0.0348. The molecule has 5 aliphatic carbocycles. The van der Waals surface area contributed by atoms with E-state index in [1.54, 1.807) is 24.8 Å². The van der Waals surface area contributed by atoms with Gasteiger partial charge in [-0.2, -0.15) is 0 Å². The standard InChI is InChI=1S/C12H11Si.C12H10.C10H15FN.C9H13.Hf/c1-3-7-11(8-4-1)13-12-9-5-2-6-10-12;1-3-7-11(8-4-1)12-9-5-2-6-10-12;11-9-2-7-1-8(3-9)5-10(12,4-7)6-9;1-6-5-7(2)9(4)8(6)3;/h1-10,13H;1-10H;7-8,12H,1-6H2;6H,1-4H3;/q;;-1;;+1. The van der Waals surface area contributed by atoms with Crippen molar-refractivity contribution in [1.82, 2.24) is 3.30 Å². The molecule has 0 heterocycles. The van der Waals surface area contributed by atoms with Crippen LogP contribution in [0, 0.1) is 17.8 Å². The summed E-state index contributed by atoms with van der Waals surface area (Å²) >= 11 is -2.72. The summed E-state index contributed by atoms with van der Waals surface area (Å²) in [6, 6.07) is 43.6. The summed E-state index contributed by atoms with van der Waals surface area (Å²) in [7, 11) is 0. The van der Waals surface area contributed by atoms with E-state index in [1.165, 1.54) is 36.0 Å². The molecule has 4 bridgehead atoms. The van der Waals surface area contributed by atoms with Gasteiger partial charge < -0.3 is 0 Å². The van der Waals surface area contributed by atoms with E-state index in [4.69, 9.17) is 0 Å². The van der Waals surface area contributed by atoms with E-state index in [2.05, 4.69) is 140 Å². The number of hydrogen-bond acceptors (Lipinski definition) is 1. The van der Waals surface area contributed by atoms with Crippen LogP contribution >= 0.6 is 0 Å². The average molecular weight is 805 g/mol. The molecule has 4 saturated carbocycles. The van der Waals surface area contributed by atoms with Crippen LogP contribution in [0.25, 0.3) is 11.1 Å². The number of halogens is 1. The maximum Gasteiger partial charge on any atom is -0.0184 e. The van der Waals surface area contributed by atoms with E-state index in [0.29, 0.717) is 17.8 Å². The molecular weight excluding hydrogens is 756 g/mol. The van der Waals surface area contributed by atoms with E-state index >= 15 is 4.39 Å². The Balaban J connectivity index is 0.000000245. The second-order valence-corrected chi connectivity index (χ2v) is 33.9. The van der Waals surface area contributed by atoms with Gasteiger partial charge in [-0.1, -0.05) is 60.7 Å². The molecule has 0 aliphatic heterocycles. The van der Waals surface area contributed by atoms with Crippen molar-refractivity contribution in [1.29, 1.82) is 0 Å². The Kier molecular flexibility index (Phi) is 9.57. The van der Waals surface area contributed by atoms with Crippen LogP contribution in [0.4, 0.5) is 4.39 Å². The number of rotatable bonds is 7. The van der Waals surface area contributed by atoms with Gasteiger partial charge in [0.1, 0.15) is 0 Å². The first kappa shape index (κ1) is 32.9. The zero-order chi connectivity index (χ0) is 32.6. The van der Waals surface area contributed by atoms with Crippen LogP contribution in [0.3, 0.4) is 0 Å². The summed E-state index contributed by atoms with van der Waals surface area (Å²) in [5, 5.41) is 3.14. The van der Waals surface area contributed by atoms with Gasteiger partial charge in [0.25, 0.3) is 0 Å². The molecule has 1 N–H and O–H groups in total. The Morgan fingerprint density at radius 1 is 0.638 bits per heavy atom. The van der Waals surface area contributed by atoms with Crippen LogP contribution in [0.2, 0.25) is 0 Å². The first-order valence-electron chi connectivity index (χ1n) is 17.7. The second-order valence-electron chi connectivity index (χ2n) is 15.0. The molecule has 241 valence electrons. The maximum atomic E-state index is 16.1. The number of benzene rings is 4. The summed E-state index contributed by atoms with van der Waals surface area (Å²) in [4.78, 5) is 0. The molecule has 5 aliphatic rings. The zero-order valence-electron chi connectivity index (χ0n) is 28.5. The summed E-state index contributed by atoms with van der Waals surface area (Å²) < 4.78 is 22.4. The van der Waals surface area contributed by atoms with Crippen LogP contribution in [0.15, 0.2) is 141 Å². The normalized spacial score (nSPS) is 27.7. The van der Waals surface area contributed by atoms with Gasteiger partial charge in [0.2, 0.25) is 0 Å². The summed E-state index contributed by atoms with van der Waals surface area (Å²) in [5.41, 5.74) is 6.30. The molecule has 4 aromatic rings. The number of hydrogen-bond donors (Lipinski definition) is 1. The third-order valence-electron chi connectivity index (χ3n) is 11.8. The predicted molar refractivity (Wildman–Crippen MR) is 196 cm³/mol. The molecule has 3 unspecified atom stereocenters. The van der Waals surface area contributed by atoms with Gasteiger partial charge in [0.05, 0.1) is 0 Å². The quantitative estimate of drug-likeness (QED) is 0.184. The van der Waals surface area contributed by atoms with E-state index < -0.39 is 32.5 Å². The molecule has 0 saturated heterocycles. The Hall–Kier alpha value is -2.66. The summed E-state index contributed by atoms with van der Waals surface area (Å²) in [5.74, 6) is 0.200. The van der Waals surface area contributed by atoms with Gasteiger partial charge in [-0.05, 0) is 11.1 Å². The second kappa shape index (κ2) is 13.7. The van der Waals surface area contributed by atoms with Gasteiger partial charge in [-0.3, -0.25) is 0 Å². The number of allylic oxidation sites excluding steroid dienone is 4. The third kappa shape index (κ3) is 6.80. The first-order valence-corrected chi connectivity index (χ1v) is 29.2. The van der Waals surface area contributed by atoms with Crippen molar-refractivity contribution in [2.45, 2.75) is 77.4 Å². The van der Waals surface area contributed by atoms with Crippen molar-refractivity contribution in [3.63, 3.8) is 0 Å². The molecular formula is C43H49FHfNSi. The monoisotopic (exact) mass is 806 g/mol. The van der Waals surface area contributed by atoms with Gasteiger partial charge in [-0.15, -0.1) is 0 Å². The largest absolute Gasteiger partial charge is 0.0622 e. The van der Waals surface area contributed by atoms with Crippen molar-refractivity contribution in [3.05, 3.63) is 141 Å². The smallest absolute Gasteiger partial charge is 0.0184 e. The maximum absolute atomic E-state index is 16.1. The van der Waals surface area contributed by atoms with Crippen molar-refractivity contribution in [3.8, 4) is 11.1 Å². The molecule has 3 atom stereocenters. The van der Waals surface area contributed by atoms with E-state index in [-0.39, 0.29) is 5.54 Å². The van der Waals surface area contributed by atoms with Gasteiger partial charge in [-0.25, -0.2) is 0 Å². The Labute approximate surface area is 290 Å². The molecule has 47 heavy (non-hydrogen) atoms. The molecule has 9 rings (SSSR count). The molecule has 4 aromatic carbocycles. The first-order chi connectivity index (χ1) is 22.7. The van der Waals surface area contributed by atoms with Crippen LogP contribution in [-0.2, 0) is 20.9 Å². The van der Waals surface area contributed by atoms with Crippen molar-refractivity contribution < 1.29 is 25.3 Å². The average Bonchev–Trinajstić information content (AvgIpc) is 3.27. The SMILES string of the molecule is CC1=C(C)C(C)[C]([Hf]([NH]C23CC4CC(CC(F)(C4)C2)C3)[SiH](c2ccccc2)c2ccccc2)=C1C.c1ccc(-c2ccccc2)cc1. The molecule has 1 nitrogen and oxygen atoms in total. The minimum atomic E-state index is -2.72. The minimum Gasteiger partial charge on any atom is -0.0622 e. The van der Waals surface area contributed by atoms with Gasteiger partial charge in [0, 0.05) is 0 Å². The van der Waals surface area contributed by atoms with Crippen molar-refractivity contribution in [2.75, 3.05) is 0 Å². The van der Waals surface area contributed by atoms with Crippen LogP contribution < -0.4 is 13.7 Å². The Morgan fingerprint density at radius 2 is 1.09 bits per heavy atom. The Morgan fingerprint density at radius 3 is 1.49 bits per heavy atom. The summed E-state index contributed by atoms with van der Waals surface area (Å²) in [6.45, 7) is 9.53. The molecule has 0 spiro atoms. The van der Waals surface area contributed by atoms with Crippen molar-refractivity contribution in [2.24, 2.45) is 17.8 Å². The topological polar surface area (TPSA) is 12.0 Å². The fraction of sp³-hybridized carbons (Fsp3) is 0.349. The van der Waals surface area contributed by atoms with Crippen LogP contribution in [0.5, 0.6) is 0 Å². The van der Waals surface area contributed by atoms with Gasteiger partial charge in [0.15, 0.2) is 0 Å². The summed E-state index contributed by atoms with van der Waals surface area (Å²) in [6.07, 6.45) is 6.09. The van der Waals surface area contributed by atoms with Crippen LogP contribution in [0.1, 0.15) is 66.2 Å². The van der Waals surface area contributed by atoms with Crippen molar-refractivity contribution >= 4 is 16.4 Å². The number of alkyl halides is 1. The molecule has 0 aromatic heterocycles. The fourth-order valence-electron chi connectivity index (χ4n) is 9.75. The molecule has 0 radical (unpaired) electrons. The molecule has 4 heteroatoms. The fourth-order valence-corrected chi connectivity index (χ4v) is 43.2. The van der Waals surface area contributed by atoms with E-state index in [9.17, 15) is 0 Å². The molecule has 0 amide bonds. The van der Waals surface area contributed by atoms with E-state index in [1.807, 2.05) is 12.1 Å². The third-order valence-corrected chi connectivity index (χ3v) is 39.4. The Bertz CT molecular complexity index is 1650. The van der Waals surface area contributed by atoms with E-state index in [0.717, 1.165) is 19.3 Å². The predicted octanol–water partition coefficient (Wildman–Crippen LogP) is 9.32.